The van der Waals surface area contributed by atoms with Gasteiger partial charge in [-0.25, -0.2) is 4.39 Å². The van der Waals surface area contributed by atoms with Crippen molar-refractivity contribution in [2.75, 3.05) is 19.8 Å². The van der Waals surface area contributed by atoms with Gasteiger partial charge in [0.25, 0.3) is 0 Å². The van der Waals surface area contributed by atoms with Gasteiger partial charge in [0, 0.05) is 17.0 Å². The molecule has 1 heterocycles. The van der Waals surface area contributed by atoms with Gasteiger partial charge in [0.2, 0.25) is 0 Å². The van der Waals surface area contributed by atoms with Gasteiger partial charge in [0.05, 0.1) is 25.9 Å². The molecule has 156 valence electrons. The molecule has 3 rings (SSSR count). The Kier molecular flexibility index (Phi) is 7.70. The van der Waals surface area contributed by atoms with Crippen LogP contribution in [0.4, 0.5) is 4.39 Å². The van der Waals surface area contributed by atoms with Crippen LogP contribution in [0.2, 0.25) is 0 Å². The van der Waals surface area contributed by atoms with Gasteiger partial charge in [-0.1, -0.05) is 18.2 Å². The van der Waals surface area contributed by atoms with E-state index in [9.17, 15) is 4.39 Å². The summed E-state index contributed by atoms with van der Waals surface area (Å²) in [6.45, 7) is 9.34. The predicted molar refractivity (Wildman–Crippen MR) is 115 cm³/mol. The normalized spacial score (nSPS) is 19.0. The first-order valence-corrected chi connectivity index (χ1v) is 10.5. The summed E-state index contributed by atoms with van der Waals surface area (Å²) in [5.41, 5.74) is 1.94. The fourth-order valence-electron chi connectivity index (χ4n) is 3.67. The molecule has 29 heavy (non-hydrogen) atoms. The molecule has 0 N–H and O–H groups in total. The monoisotopic (exact) mass is 398 g/mol. The molecule has 1 aliphatic rings. The maximum absolute atomic E-state index is 15.0. The van der Waals surface area contributed by atoms with Crippen molar-refractivity contribution in [2.45, 2.75) is 45.6 Å². The smallest absolute Gasteiger partial charge is 0.137 e. The second-order valence-corrected chi connectivity index (χ2v) is 7.58. The van der Waals surface area contributed by atoms with Crippen LogP contribution in [-0.2, 0) is 4.74 Å². The number of halogens is 1. The van der Waals surface area contributed by atoms with Crippen LogP contribution in [0.5, 0.6) is 11.5 Å². The van der Waals surface area contributed by atoms with E-state index in [1.807, 2.05) is 43.3 Å². The van der Waals surface area contributed by atoms with E-state index in [0.717, 1.165) is 37.0 Å². The highest BCUT2D eigenvalue weighted by molar-refractivity contribution is 5.67. The van der Waals surface area contributed by atoms with E-state index in [-0.39, 0.29) is 5.82 Å². The van der Waals surface area contributed by atoms with Crippen molar-refractivity contribution >= 4 is 0 Å². The molecule has 2 atom stereocenters. The molecule has 0 bridgehead atoms. The molecule has 4 heteroatoms. The molecule has 1 aliphatic heterocycles. The van der Waals surface area contributed by atoms with Gasteiger partial charge in [0.1, 0.15) is 17.3 Å². The van der Waals surface area contributed by atoms with Gasteiger partial charge in [-0.15, -0.1) is 6.58 Å². The number of rotatable bonds is 9. The van der Waals surface area contributed by atoms with Crippen molar-refractivity contribution in [2.24, 2.45) is 5.92 Å². The quantitative estimate of drug-likeness (QED) is 0.461. The average molecular weight is 399 g/mol. The van der Waals surface area contributed by atoms with E-state index in [1.54, 1.807) is 13.0 Å². The lowest BCUT2D eigenvalue weighted by atomic mass is 9.97. The number of benzene rings is 2. The molecule has 2 aromatic rings. The van der Waals surface area contributed by atoms with Crippen molar-refractivity contribution < 1.29 is 18.6 Å². The van der Waals surface area contributed by atoms with E-state index in [4.69, 9.17) is 14.2 Å². The highest BCUT2D eigenvalue weighted by Gasteiger charge is 2.22. The SMILES string of the molecule is C=CCCC1CCC(COc2ccc(-c3ccc(OCC)cc3)c(F)c2C)CO1. The van der Waals surface area contributed by atoms with Crippen molar-refractivity contribution in [3.63, 3.8) is 0 Å². The Labute approximate surface area is 173 Å². The summed E-state index contributed by atoms with van der Waals surface area (Å²) in [4.78, 5) is 0. The van der Waals surface area contributed by atoms with Gasteiger partial charge in [-0.3, -0.25) is 0 Å². The number of allylic oxidation sites excluding steroid dienone is 1. The topological polar surface area (TPSA) is 27.7 Å². The minimum atomic E-state index is -0.240. The van der Waals surface area contributed by atoms with Crippen molar-refractivity contribution in [1.29, 1.82) is 0 Å². The van der Waals surface area contributed by atoms with Crippen molar-refractivity contribution in [3.8, 4) is 22.6 Å². The highest BCUT2D eigenvalue weighted by Crippen LogP contribution is 2.32. The summed E-state index contributed by atoms with van der Waals surface area (Å²) in [5.74, 6) is 1.50. The summed E-state index contributed by atoms with van der Waals surface area (Å²) in [6.07, 6.45) is 6.42. The zero-order valence-electron chi connectivity index (χ0n) is 17.5. The van der Waals surface area contributed by atoms with Crippen LogP contribution in [0, 0.1) is 18.7 Å². The van der Waals surface area contributed by atoms with Crippen LogP contribution >= 0.6 is 0 Å². The lowest BCUT2D eigenvalue weighted by molar-refractivity contribution is -0.0300. The molecule has 2 unspecified atom stereocenters. The van der Waals surface area contributed by atoms with Crippen LogP contribution < -0.4 is 9.47 Å². The maximum atomic E-state index is 15.0. The maximum Gasteiger partial charge on any atom is 0.137 e. The first kappa shape index (κ1) is 21.4. The van der Waals surface area contributed by atoms with Crippen LogP contribution in [0.25, 0.3) is 11.1 Å². The summed E-state index contributed by atoms with van der Waals surface area (Å²) in [7, 11) is 0. The Morgan fingerprint density at radius 1 is 1.14 bits per heavy atom. The Morgan fingerprint density at radius 2 is 1.93 bits per heavy atom. The third kappa shape index (κ3) is 5.60. The van der Waals surface area contributed by atoms with E-state index >= 15 is 0 Å². The number of hydrogen-bond donors (Lipinski definition) is 0. The molecule has 0 aliphatic carbocycles. The van der Waals surface area contributed by atoms with E-state index in [0.29, 0.717) is 48.7 Å². The molecule has 0 radical (unpaired) electrons. The summed E-state index contributed by atoms with van der Waals surface area (Å²) >= 11 is 0. The van der Waals surface area contributed by atoms with E-state index in [1.165, 1.54) is 0 Å². The number of ether oxygens (including phenoxy) is 3. The molecule has 1 saturated heterocycles. The number of hydrogen-bond acceptors (Lipinski definition) is 3. The summed E-state index contributed by atoms with van der Waals surface area (Å²) in [6, 6.07) is 11.1. The lowest BCUT2D eigenvalue weighted by Gasteiger charge is -2.29. The van der Waals surface area contributed by atoms with Crippen LogP contribution in [0.3, 0.4) is 0 Å². The minimum Gasteiger partial charge on any atom is -0.494 e. The first-order valence-electron chi connectivity index (χ1n) is 10.5. The van der Waals surface area contributed by atoms with Crippen LogP contribution in [0.15, 0.2) is 49.1 Å². The molecule has 0 amide bonds. The van der Waals surface area contributed by atoms with Gasteiger partial charge in [-0.05, 0) is 69.4 Å². The predicted octanol–water partition coefficient (Wildman–Crippen LogP) is 6.34. The van der Waals surface area contributed by atoms with Crippen molar-refractivity contribution in [3.05, 3.63) is 60.4 Å². The van der Waals surface area contributed by atoms with Crippen molar-refractivity contribution in [1.82, 2.24) is 0 Å². The van der Waals surface area contributed by atoms with Crippen LogP contribution in [-0.4, -0.2) is 25.9 Å². The highest BCUT2D eigenvalue weighted by atomic mass is 19.1. The Hall–Kier alpha value is -2.33. The fraction of sp³-hybridized carbons (Fsp3) is 0.440. The second-order valence-electron chi connectivity index (χ2n) is 7.58. The zero-order valence-corrected chi connectivity index (χ0v) is 17.5. The molecular weight excluding hydrogens is 367 g/mol. The third-order valence-corrected chi connectivity index (χ3v) is 5.44. The molecule has 0 aromatic heterocycles. The molecule has 0 spiro atoms. The molecule has 2 aromatic carbocycles. The average Bonchev–Trinajstić information content (AvgIpc) is 2.75. The largest absolute Gasteiger partial charge is 0.494 e. The Bertz CT molecular complexity index is 792. The lowest BCUT2D eigenvalue weighted by Crippen LogP contribution is -2.29. The molecule has 3 nitrogen and oxygen atoms in total. The molecular formula is C25H31FO3. The zero-order chi connectivity index (χ0) is 20.6. The molecule has 0 saturated carbocycles. The Morgan fingerprint density at radius 3 is 2.59 bits per heavy atom. The third-order valence-electron chi connectivity index (χ3n) is 5.44. The fourth-order valence-corrected chi connectivity index (χ4v) is 3.67. The van der Waals surface area contributed by atoms with Crippen LogP contribution in [0.1, 0.15) is 38.2 Å². The van der Waals surface area contributed by atoms with Gasteiger partial charge in [0.15, 0.2) is 0 Å². The second kappa shape index (κ2) is 10.4. The standard InChI is InChI=1S/C25H31FO3/c1-4-6-7-21-11-8-19(16-28-21)17-29-24-15-14-23(25(26)18(24)3)20-9-12-22(13-10-20)27-5-2/h4,9-10,12-15,19,21H,1,5-8,11,16-17H2,2-3H3. The minimum absolute atomic E-state index is 0.240. The molecule has 1 fully saturated rings. The van der Waals surface area contributed by atoms with Gasteiger partial charge in [-0.2, -0.15) is 0 Å². The van der Waals surface area contributed by atoms with Gasteiger partial charge >= 0.3 is 0 Å². The first-order chi connectivity index (χ1) is 14.1. The van der Waals surface area contributed by atoms with E-state index in [2.05, 4.69) is 6.58 Å². The summed E-state index contributed by atoms with van der Waals surface area (Å²) in [5, 5.41) is 0. The summed E-state index contributed by atoms with van der Waals surface area (Å²) < 4.78 is 32.3. The van der Waals surface area contributed by atoms with E-state index < -0.39 is 0 Å². The Balaban J connectivity index is 1.59. The van der Waals surface area contributed by atoms with Gasteiger partial charge < -0.3 is 14.2 Å².